The van der Waals surface area contributed by atoms with Crippen molar-refractivity contribution < 1.29 is 18.7 Å². The summed E-state index contributed by atoms with van der Waals surface area (Å²) in [6.45, 7) is 1.44. The first-order valence-corrected chi connectivity index (χ1v) is 7.21. The quantitative estimate of drug-likeness (QED) is 0.710. The van der Waals surface area contributed by atoms with E-state index in [4.69, 9.17) is 9.15 Å². The van der Waals surface area contributed by atoms with E-state index in [0.29, 0.717) is 11.5 Å². The molecule has 0 aliphatic rings. The van der Waals surface area contributed by atoms with E-state index in [1.807, 2.05) is 24.3 Å². The van der Waals surface area contributed by atoms with Crippen molar-refractivity contribution in [3.05, 3.63) is 60.2 Å². The Morgan fingerprint density at radius 2 is 2.09 bits per heavy atom. The lowest BCUT2D eigenvalue weighted by Gasteiger charge is -2.11. The minimum absolute atomic E-state index is 0.288. The minimum Gasteiger partial charge on any atom is -0.467 e. The molecule has 1 atom stereocenters. The molecular weight excluding hydrogens is 296 g/mol. The van der Waals surface area contributed by atoms with Crippen LogP contribution in [0.25, 0.3) is 10.9 Å². The van der Waals surface area contributed by atoms with Crippen LogP contribution in [-0.2, 0) is 9.53 Å². The Morgan fingerprint density at radius 3 is 2.83 bits per heavy atom. The predicted octanol–water partition coefficient (Wildman–Crippen LogP) is 2.80. The number of carbonyl (C=O) groups is 2. The maximum atomic E-state index is 12.0. The van der Waals surface area contributed by atoms with E-state index in [-0.39, 0.29) is 12.6 Å². The van der Waals surface area contributed by atoms with Crippen LogP contribution in [0.3, 0.4) is 0 Å². The lowest BCUT2D eigenvalue weighted by atomic mass is 10.2. The third kappa shape index (κ3) is 3.42. The molecule has 23 heavy (non-hydrogen) atoms. The van der Waals surface area contributed by atoms with Crippen molar-refractivity contribution in [1.82, 2.24) is 10.3 Å². The number of rotatable bonds is 5. The summed E-state index contributed by atoms with van der Waals surface area (Å²) in [5.74, 6) is -0.319. The number of nitrogens with one attached hydrogen (secondary N) is 2. The SMILES string of the molecule is C[C@@H](NC(=O)COC(=O)c1cc2ccccc2[nH]1)c1ccco1. The number of hydrogen-bond donors (Lipinski definition) is 2. The fraction of sp³-hybridized carbons (Fsp3) is 0.176. The Hall–Kier alpha value is -3.02. The van der Waals surface area contributed by atoms with Crippen LogP contribution in [-0.4, -0.2) is 23.5 Å². The number of fused-ring (bicyclic) bond motifs is 1. The first kappa shape index (κ1) is 14.9. The zero-order valence-electron chi connectivity index (χ0n) is 12.5. The summed E-state index contributed by atoms with van der Waals surface area (Å²) in [4.78, 5) is 26.8. The molecule has 3 aromatic rings. The second-order valence-electron chi connectivity index (χ2n) is 5.15. The van der Waals surface area contributed by atoms with Crippen molar-refractivity contribution in [2.24, 2.45) is 0 Å². The van der Waals surface area contributed by atoms with Crippen LogP contribution in [0.5, 0.6) is 0 Å². The molecule has 0 aliphatic carbocycles. The zero-order chi connectivity index (χ0) is 16.2. The van der Waals surface area contributed by atoms with Gasteiger partial charge in [0.25, 0.3) is 5.91 Å². The Balaban J connectivity index is 1.55. The maximum Gasteiger partial charge on any atom is 0.355 e. The number of aromatic nitrogens is 1. The number of benzene rings is 1. The van der Waals surface area contributed by atoms with Gasteiger partial charge in [-0.25, -0.2) is 4.79 Å². The standard InChI is InChI=1S/C17H16N2O4/c1-11(15-7-4-8-22-15)18-16(20)10-23-17(21)14-9-12-5-2-3-6-13(12)19-14/h2-9,11,19H,10H2,1H3,(H,18,20)/t11-/m1/s1. The zero-order valence-corrected chi connectivity index (χ0v) is 12.5. The van der Waals surface area contributed by atoms with Gasteiger partial charge in [0, 0.05) is 10.9 Å². The molecule has 0 bridgehead atoms. The fourth-order valence-electron chi connectivity index (χ4n) is 2.28. The van der Waals surface area contributed by atoms with Crippen molar-refractivity contribution in [2.45, 2.75) is 13.0 Å². The molecule has 0 saturated carbocycles. The molecule has 2 N–H and O–H groups in total. The van der Waals surface area contributed by atoms with Gasteiger partial charge in [-0.2, -0.15) is 0 Å². The van der Waals surface area contributed by atoms with E-state index >= 15 is 0 Å². The number of para-hydroxylation sites is 1. The van der Waals surface area contributed by atoms with Crippen LogP contribution < -0.4 is 5.32 Å². The molecule has 1 aromatic carbocycles. The molecule has 6 nitrogen and oxygen atoms in total. The number of hydrogen-bond acceptors (Lipinski definition) is 4. The summed E-state index contributed by atoms with van der Waals surface area (Å²) in [7, 11) is 0. The number of furan rings is 1. The maximum absolute atomic E-state index is 12.0. The van der Waals surface area contributed by atoms with Gasteiger partial charge in [-0.3, -0.25) is 4.79 Å². The van der Waals surface area contributed by atoms with Crippen molar-refractivity contribution in [3.63, 3.8) is 0 Å². The number of esters is 1. The predicted molar refractivity (Wildman–Crippen MR) is 83.8 cm³/mol. The number of carbonyl (C=O) groups excluding carboxylic acids is 2. The van der Waals surface area contributed by atoms with E-state index < -0.39 is 11.9 Å². The molecule has 2 heterocycles. The number of ether oxygens (including phenoxy) is 1. The third-order valence-corrected chi connectivity index (χ3v) is 3.43. The van der Waals surface area contributed by atoms with Gasteiger partial charge in [-0.05, 0) is 31.2 Å². The van der Waals surface area contributed by atoms with Crippen LogP contribution in [0.1, 0.15) is 29.2 Å². The molecule has 6 heteroatoms. The van der Waals surface area contributed by atoms with Gasteiger partial charge in [-0.15, -0.1) is 0 Å². The van der Waals surface area contributed by atoms with Gasteiger partial charge in [0.1, 0.15) is 11.5 Å². The highest BCUT2D eigenvalue weighted by atomic mass is 16.5. The lowest BCUT2D eigenvalue weighted by molar-refractivity contribution is -0.125. The molecule has 0 aliphatic heterocycles. The Bertz CT molecular complexity index is 787. The minimum atomic E-state index is -0.568. The Morgan fingerprint density at radius 1 is 1.26 bits per heavy atom. The highest BCUT2D eigenvalue weighted by molar-refractivity contribution is 5.95. The number of H-pyrrole nitrogens is 1. The van der Waals surface area contributed by atoms with E-state index in [9.17, 15) is 9.59 Å². The van der Waals surface area contributed by atoms with Crippen molar-refractivity contribution in [2.75, 3.05) is 6.61 Å². The van der Waals surface area contributed by atoms with Gasteiger partial charge < -0.3 is 19.5 Å². The van der Waals surface area contributed by atoms with Crippen LogP contribution in [0.15, 0.2) is 53.1 Å². The summed E-state index contributed by atoms with van der Waals surface area (Å²) >= 11 is 0. The second kappa shape index (κ2) is 6.39. The lowest BCUT2D eigenvalue weighted by Crippen LogP contribution is -2.31. The highest BCUT2D eigenvalue weighted by Crippen LogP contribution is 2.15. The molecule has 118 valence electrons. The molecule has 3 rings (SSSR count). The molecule has 0 unspecified atom stereocenters. The molecular formula is C17H16N2O4. The largest absolute Gasteiger partial charge is 0.467 e. The fourth-order valence-corrected chi connectivity index (χ4v) is 2.28. The number of aromatic amines is 1. The van der Waals surface area contributed by atoms with Crippen LogP contribution in [0, 0.1) is 0 Å². The average molecular weight is 312 g/mol. The summed E-state index contributed by atoms with van der Waals surface area (Å²) in [5.41, 5.74) is 1.16. The summed E-state index contributed by atoms with van der Waals surface area (Å²) < 4.78 is 10.2. The smallest absolute Gasteiger partial charge is 0.355 e. The van der Waals surface area contributed by atoms with E-state index in [1.54, 1.807) is 25.1 Å². The monoisotopic (exact) mass is 312 g/mol. The normalized spacial score (nSPS) is 12.0. The average Bonchev–Trinajstić information content (AvgIpc) is 3.21. The van der Waals surface area contributed by atoms with Gasteiger partial charge in [0.15, 0.2) is 6.61 Å². The van der Waals surface area contributed by atoms with Crippen LogP contribution >= 0.6 is 0 Å². The van der Waals surface area contributed by atoms with Crippen molar-refractivity contribution in [3.8, 4) is 0 Å². The van der Waals surface area contributed by atoms with Crippen molar-refractivity contribution >= 4 is 22.8 Å². The molecule has 0 fully saturated rings. The highest BCUT2D eigenvalue weighted by Gasteiger charge is 2.15. The van der Waals surface area contributed by atoms with Gasteiger partial charge in [-0.1, -0.05) is 18.2 Å². The molecule has 0 saturated heterocycles. The summed E-state index contributed by atoms with van der Waals surface area (Å²) in [6, 6.07) is 12.4. The van der Waals surface area contributed by atoms with Gasteiger partial charge >= 0.3 is 5.97 Å². The first-order valence-electron chi connectivity index (χ1n) is 7.21. The Kier molecular flexibility index (Phi) is 4.14. The molecule has 1 amide bonds. The molecule has 0 spiro atoms. The van der Waals surface area contributed by atoms with E-state index in [0.717, 1.165) is 10.9 Å². The summed E-state index contributed by atoms with van der Waals surface area (Å²) in [6.07, 6.45) is 1.54. The Labute approximate surface area is 132 Å². The van der Waals surface area contributed by atoms with E-state index in [2.05, 4.69) is 10.3 Å². The molecule has 0 radical (unpaired) electrons. The van der Waals surface area contributed by atoms with E-state index in [1.165, 1.54) is 6.26 Å². The van der Waals surface area contributed by atoms with Crippen LogP contribution in [0.4, 0.5) is 0 Å². The van der Waals surface area contributed by atoms with Gasteiger partial charge in [0.05, 0.1) is 12.3 Å². The second-order valence-corrected chi connectivity index (χ2v) is 5.15. The van der Waals surface area contributed by atoms with Crippen LogP contribution in [0.2, 0.25) is 0 Å². The van der Waals surface area contributed by atoms with Gasteiger partial charge in [0.2, 0.25) is 0 Å². The summed E-state index contributed by atoms with van der Waals surface area (Å²) in [5, 5.41) is 3.61. The third-order valence-electron chi connectivity index (χ3n) is 3.43. The van der Waals surface area contributed by atoms with Crippen molar-refractivity contribution in [1.29, 1.82) is 0 Å². The topological polar surface area (TPSA) is 84.3 Å². The first-order chi connectivity index (χ1) is 11.1. The molecule has 2 aromatic heterocycles. The number of amides is 1.